The van der Waals surface area contributed by atoms with Crippen LogP contribution in [0.5, 0.6) is 0 Å². The van der Waals surface area contributed by atoms with E-state index < -0.39 is 0 Å². The standard InChI is InChI=1S/C18H15N4S.Ir/c1-11-6-4-7-12(2)17(11)22-18(19-10-20-22)14-8-5-9-15-16(14)21-13(3)23-15;/h4-7,9-10H,1-3H3;/q-1;. The van der Waals surface area contributed by atoms with Crippen LogP contribution >= 0.6 is 11.3 Å². The smallest absolute Gasteiger partial charge is 0.127 e. The number of hydrogen-bond donors (Lipinski definition) is 0. The number of rotatable bonds is 2. The van der Waals surface area contributed by atoms with Gasteiger partial charge in [0.2, 0.25) is 0 Å². The predicted octanol–water partition coefficient (Wildman–Crippen LogP) is 4.27. The number of thiazole rings is 1. The Morgan fingerprint density at radius 1 is 1.08 bits per heavy atom. The third-order valence-electron chi connectivity index (χ3n) is 3.88. The van der Waals surface area contributed by atoms with E-state index in [2.05, 4.69) is 53.2 Å². The molecule has 0 amide bonds. The van der Waals surface area contributed by atoms with E-state index in [-0.39, 0.29) is 20.1 Å². The van der Waals surface area contributed by atoms with Crippen LogP contribution in [0.3, 0.4) is 0 Å². The van der Waals surface area contributed by atoms with Crippen molar-refractivity contribution in [3.05, 3.63) is 58.9 Å². The van der Waals surface area contributed by atoms with Gasteiger partial charge in [0.15, 0.2) is 0 Å². The average molecular weight is 512 g/mol. The Kier molecular flexibility index (Phi) is 4.63. The van der Waals surface area contributed by atoms with E-state index in [4.69, 9.17) is 0 Å². The molecule has 123 valence electrons. The van der Waals surface area contributed by atoms with Crippen molar-refractivity contribution in [3.63, 3.8) is 0 Å². The van der Waals surface area contributed by atoms with Gasteiger partial charge in [-0.15, -0.1) is 29.5 Å². The first-order valence-electron chi connectivity index (χ1n) is 7.40. The van der Waals surface area contributed by atoms with Crippen LogP contribution in [-0.4, -0.2) is 19.7 Å². The maximum absolute atomic E-state index is 4.65. The third kappa shape index (κ3) is 2.71. The fourth-order valence-corrected chi connectivity index (χ4v) is 3.73. The molecule has 0 atom stereocenters. The monoisotopic (exact) mass is 512 g/mol. The molecule has 0 saturated heterocycles. The van der Waals surface area contributed by atoms with Crippen LogP contribution in [0, 0.1) is 26.8 Å². The molecule has 4 rings (SSSR count). The Hall–Kier alpha value is -1.88. The maximum Gasteiger partial charge on any atom is 0.127 e. The molecule has 0 bridgehead atoms. The van der Waals surface area contributed by atoms with E-state index in [0.717, 1.165) is 32.3 Å². The summed E-state index contributed by atoms with van der Waals surface area (Å²) in [5.74, 6) is 0.776. The van der Waals surface area contributed by atoms with E-state index in [1.807, 2.05) is 23.7 Å². The van der Waals surface area contributed by atoms with Gasteiger partial charge < -0.3 is 0 Å². The molecule has 0 aliphatic carbocycles. The fraction of sp³-hybridized carbons (Fsp3) is 0.167. The van der Waals surface area contributed by atoms with Gasteiger partial charge in [-0.25, -0.2) is 0 Å². The van der Waals surface area contributed by atoms with Gasteiger partial charge >= 0.3 is 0 Å². The molecule has 4 aromatic rings. The summed E-state index contributed by atoms with van der Waals surface area (Å²) in [5.41, 5.74) is 5.23. The van der Waals surface area contributed by atoms with Crippen LogP contribution in [0.4, 0.5) is 0 Å². The van der Waals surface area contributed by atoms with E-state index in [1.165, 1.54) is 11.1 Å². The van der Waals surface area contributed by atoms with Gasteiger partial charge in [0.25, 0.3) is 0 Å². The molecule has 24 heavy (non-hydrogen) atoms. The van der Waals surface area contributed by atoms with Gasteiger partial charge in [-0.2, -0.15) is 5.10 Å². The van der Waals surface area contributed by atoms with Crippen LogP contribution in [0.15, 0.2) is 36.7 Å². The SMILES string of the molecule is Cc1nc2c(-c3ncnn3-c3c(C)cccc3C)[c-]ccc2s1.[Ir]. The van der Waals surface area contributed by atoms with E-state index in [9.17, 15) is 0 Å². The minimum Gasteiger partial charge on any atom is -0.290 e. The van der Waals surface area contributed by atoms with Crippen LogP contribution in [-0.2, 0) is 20.1 Å². The first kappa shape index (κ1) is 17.0. The number of fused-ring (bicyclic) bond motifs is 1. The van der Waals surface area contributed by atoms with Gasteiger partial charge in [-0.3, -0.25) is 14.6 Å². The number of aromatic nitrogens is 4. The zero-order valence-electron chi connectivity index (χ0n) is 13.5. The molecule has 0 fully saturated rings. The molecule has 1 radical (unpaired) electrons. The van der Waals surface area contributed by atoms with Crippen molar-refractivity contribution >= 4 is 21.6 Å². The minimum absolute atomic E-state index is 0. The number of para-hydroxylation sites is 1. The fourth-order valence-electron chi connectivity index (χ4n) is 2.89. The van der Waals surface area contributed by atoms with Crippen molar-refractivity contribution in [3.8, 4) is 17.1 Å². The first-order valence-corrected chi connectivity index (χ1v) is 8.21. The Morgan fingerprint density at radius 3 is 2.58 bits per heavy atom. The summed E-state index contributed by atoms with van der Waals surface area (Å²) in [6.07, 6.45) is 1.59. The Balaban J connectivity index is 0.00000169. The summed E-state index contributed by atoms with van der Waals surface area (Å²) in [6, 6.07) is 13.5. The maximum atomic E-state index is 4.65. The summed E-state index contributed by atoms with van der Waals surface area (Å²) in [6.45, 7) is 6.20. The van der Waals surface area contributed by atoms with Crippen LogP contribution in [0.25, 0.3) is 27.3 Å². The van der Waals surface area contributed by atoms with Crippen molar-refractivity contribution in [1.29, 1.82) is 0 Å². The molecule has 0 unspecified atom stereocenters. The zero-order chi connectivity index (χ0) is 16.0. The minimum atomic E-state index is 0. The summed E-state index contributed by atoms with van der Waals surface area (Å²) in [4.78, 5) is 9.14. The summed E-state index contributed by atoms with van der Waals surface area (Å²) in [5, 5.41) is 5.50. The van der Waals surface area contributed by atoms with E-state index >= 15 is 0 Å². The predicted molar refractivity (Wildman–Crippen MR) is 93.0 cm³/mol. The van der Waals surface area contributed by atoms with Crippen molar-refractivity contribution in [2.45, 2.75) is 20.8 Å². The molecular formula is C18H15IrN4S-. The zero-order valence-corrected chi connectivity index (χ0v) is 16.7. The summed E-state index contributed by atoms with van der Waals surface area (Å²) >= 11 is 1.68. The van der Waals surface area contributed by atoms with Crippen molar-refractivity contribution in [2.75, 3.05) is 0 Å². The third-order valence-corrected chi connectivity index (χ3v) is 4.82. The Bertz CT molecular complexity index is 999. The molecule has 2 heterocycles. The van der Waals surface area contributed by atoms with Gasteiger partial charge in [-0.05, 0) is 36.6 Å². The molecule has 0 N–H and O–H groups in total. The summed E-state index contributed by atoms with van der Waals surface area (Å²) < 4.78 is 3.04. The second kappa shape index (κ2) is 6.55. The second-order valence-corrected chi connectivity index (χ2v) is 6.77. The molecule has 0 aliphatic heterocycles. The number of benzene rings is 2. The average Bonchev–Trinajstić information content (AvgIpc) is 3.12. The van der Waals surface area contributed by atoms with Gasteiger partial charge in [0, 0.05) is 25.6 Å². The number of nitrogens with zero attached hydrogens (tertiary/aromatic N) is 4. The van der Waals surface area contributed by atoms with Gasteiger partial charge in [0.05, 0.1) is 16.5 Å². The van der Waals surface area contributed by atoms with Crippen LogP contribution in [0.2, 0.25) is 0 Å². The molecular weight excluding hydrogens is 497 g/mol. The van der Waals surface area contributed by atoms with Gasteiger partial charge in [0.1, 0.15) is 6.33 Å². The van der Waals surface area contributed by atoms with Crippen molar-refractivity contribution in [1.82, 2.24) is 19.7 Å². The van der Waals surface area contributed by atoms with Crippen LogP contribution < -0.4 is 0 Å². The van der Waals surface area contributed by atoms with E-state index in [1.54, 1.807) is 17.7 Å². The first-order chi connectivity index (χ1) is 11.1. The topological polar surface area (TPSA) is 43.6 Å². The number of aryl methyl sites for hydroxylation is 3. The molecule has 2 aromatic carbocycles. The second-order valence-electron chi connectivity index (χ2n) is 5.53. The Labute approximate surface area is 157 Å². The molecule has 2 aromatic heterocycles. The van der Waals surface area contributed by atoms with Crippen molar-refractivity contribution in [2.24, 2.45) is 0 Å². The molecule has 0 spiro atoms. The van der Waals surface area contributed by atoms with Gasteiger partial charge in [-0.1, -0.05) is 23.8 Å². The molecule has 4 nitrogen and oxygen atoms in total. The Morgan fingerprint density at radius 2 is 1.83 bits per heavy atom. The van der Waals surface area contributed by atoms with Crippen molar-refractivity contribution < 1.29 is 20.1 Å². The number of hydrogen-bond acceptors (Lipinski definition) is 4. The summed E-state index contributed by atoms with van der Waals surface area (Å²) in [7, 11) is 0. The van der Waals surface area contributed by atoms with E-state index in [0.29, 0.717) is 0 Å². The largest absolute Gasteiger partial charge is 0.290 e. The normalized spacial score (nSPS) is 10.8. The molecule has 6 heteroatoms. The molecule has 0 aliphatic rings. The quantitative estimate of drug-likeness (QED) is 0.378. The molecule has 0 saturated carbocycles. The van der Waals surface area contributed by atoms with Crippen LogP contribution in [0.1, 0.15) is 16.1 Å².